The third-order valence-corrected chi connectivity index (χ3v) is 5.54. The van der Waals surface area contributed by atoms with Crippen molar-refractivity contribution in [3.8, 4) is 0 Å². The van der Waals surface area contributed by atoms with Crippen molar-refractivity contribution in [1.82, 2.24) is 15.3 Å². The van der Waals surface area contributed by atoms with Gasteiger partial charge in [-0.3, -0.25) is 19.4 Å². The predicted molar refractivity (Wildman–Crippen MR) is 111 cm³/mol. The van der Waals surface area contributed by atoms with Gasteiger partial charge in [-0.25, -0.2) is 0 Å². The highest BCUT2D eigenvalue weighted by Crippen LogP contribution is 2.30. The normalized spacial score (nSPS) is 19.2. The second kappa shape index (κ2) is 8.24. The fraction of sp³-hybridized carbons (Fsp3) is 0.400. The lowest BCUT2D eigenvalue weighted by Gasteiger charge is -2.27. The number of H-pyrrole nitrogens is 1. The highest BCUT2D eigenvalue weighted by Gasteiger charge is 2.35. The number of amides is 2. The van der Waals surface area contributed by atoms with Gasteiger partial charge >= 0.3 is 0 Å². The van der Waals surface area contributed by atoms with Gasteiger partial charge in [0.25, 0.3) is 5.56 Å². The van der Waals surface area contributed by atoms with Gasteiger partial charge in [-0.15, -0.1) is 0 Å². The van der Waals surface area contributed by atoms with E-state index in [0.717, 1.165) is 25.7 Å². The Morgan fingerprint density at radius 1 is 1.17 bits per heavy atom. The van der Waals surface area contributed by atoms with E-state index < -0.39 is 11.5 Å². The number of hydrogen-bond donors (Lipinski definition) is 4. The van der Waals surface area contributed by atoms with E-state index >= 15 is 0 Å². The van der Waals surface area contributed by atoms with E-state index in [1.165, 1.54) is 6.42 Å². The summed E-state index contributed by atoms with van der Waals surface area (Å²) >= 11 is 5.98. The van der Waals surface area contributed by atoms with Crippen molar-refractivity contribution in [2.45, 2.75) is 50.5 Å². The minimum atomic E-state index is -0.850. The van der Waals surface area contributed by atoms with Gasteiger partial charge in [0.1, 0.15) is 5.82 Å². The van der Waals surface area contributed by atoms with Crippen LogP contribution in [-0.4, -0.2) is 27.8 Å². The number of benzene rings is 1. The lowest BCUT2D eigenvalue weighted by Crippen LogP contribution is -2.43. The highest BCUT2D eigenvalue weighted by molar-refractivity contribution is 6.30. The number of nitrogens with one attached hydrogen (secondary N) is 4. The lowest BCUT2D eigenvalue weighted by molar-refractivity contribution is -0.127. The first kappa shape index (κ1) is 19.4. The number of carbonyl (C=O) groups excluding carboxylic acids is 2. The second-order valence-electron chi connectivity index (χ2n) is 7.46. The molecule has 0 spiro atoms. The summed E-state index contributed by atoms with van der Waals surface area (Å²) in [6.45, 7) is 0. The largest absolute Gasteiger partial charge is 0.353 e. The summed E-state index contributed by atoms with van der Waals surface area (Å²) in [5.41, 5.74) is 0.368. The Hall–Kier alpha value is -2.87. The monoisotopic (exact) mass is 415 g/mol. The van der Waals surface area contributed by atoms with Crippen LogP contribution < -0.4 is 21.5 Å². The quantitative estimate of drug-likeness (QED) is 0.612. The molecule has 2 aliphatic rings. The minimum absolute atomic E-state index is 0.0720. The van der Waals surface area contributed by atoms with Crippen molar-refractivity contribution in [3.05, 3.63) is 45.2 Å². The van der Waals surface area contributed by atoms with Gasteiger partial charge in [-0.1, -0.05) is 36.9 Å². The van der Waals surface area contributed by atoms with Crippen LogP contribution in [0.4, 0.5) is 17.5 Å². The van der Waals surface area contributed by atoms with Crippen molar-refractivity contribution < 1.29 is 9.59 Å². The molecule has 0 saturated heterocycles. The van der Waals surface area contributed by atoms with Crippen LogP contribution in [0.5, 0.6) is 0 Å². The Labute approximate surface area is 172 Å². The van der Waals surface area contributed by atoms with E-state index in [9.17, 15) is 14.4 Å². The zero-order chi connectivity index (χ0) is 20.4. The molecule has 0 radical (unpaired) electrons. The number of fused-ring (bicyclic) bond motifs is 1. The number of halogens is 1. The third-order valence-electron chi connectivity index (χ3n) is 5.31. The van der Waals surface area contributed by atoms with Crippen LogP contribution in [0.2, 0.25) is 5.02 Å². The molecule has 1 aromatic heterocycles. The first-order chi connectivity index (χ1) is 14.0. The minimum Gasteiger partial charge on any atom is -0.353 e. The molecule has 0 bridgehead atoms. The fourth-order valence-electron chi connectivity index (χ4n) is 3.91. The van der Waals surface area contributed by atoms with Crippen molar-refractivity contribution in [3.63, 3.8) is 0 Å². The van der Waals surface area contributed by atoms with Crippen LogP contribution in [0.3, 0.4) is 0 Å². The topological polar surface area (TPSA) is 116 Å². The summed E-state index contributed by atoms with van der Waals surface area (Å²) in [6, 6.07) is 7.03. The molecule has 0 unspecified atom stereocenters. The Bertz CT molecular complexity index is 1000. The zero-order valence-electron chi connectivity index (χ0n) is 15.8. The molecule has 1 aromatic carbocycles. The van der Waals surface area contributed by atoms with Crippen molar-refractivity contribution in [2.75, 3.05) is 10.6 Å². The maximum Gasteiger partial charge on any atom is 0.258 e. The zero-order valence-corrected chi connectivity index (χ0v) is 16.5. The molecule has 2 aromatic rings. The molecule has 4 rings (SSSR count). The maximum atomic E-state index is 12.8. The number of carbonyl (C=O) groups is 2. The van der Waals surface area contributed by atoms with E-state index in [1.54, 1.807) is 24.3 Å². The van der Waals surface area contributed by atoms with Crippen LogP contribution in [0.15, 0.2) is 29.1 Å². The van der Waals surface area contributed by atoms with Gasteiger partial charge in [0, 0.05) is 23.2 Å². The Morgan fingerprint density at radius 3 is 2.72 bits per heavy atom. The molecule has 2 amide bonds. The SMILES string of the molecule is O=C1C[C@@H](C(=O)NC2CCCCC2)c2c(nc(Nc3cccc(Cl)c3)[nH]c2=O)N1. The average Bonchev–Trinajstić information content (AvgIpc) is 2.67. The molecule has 1 aliphatic carbocycles. The number of aromatic nitrogens is 2. The van der Waals surface area contributed by atoms with E-state index in [0.29, 0.717) is 10.7 Å². The molecule has 2 heterocycles. The van der Waals surface area contributed by atoms with Crippen LogP contribution in [-0.2, 0) is 9.59 Å². The lowest BCUT2D eigenvalue weighted by atomic mass is 9.90. The first-order valence-corrected chi connectivity index (χ1v) is 10.1. The molecule has 152 valence electrons. The fourth-order valence-corrected chi connectivity index (χ4v) is 4.10. The van der Waals surface area contributed by atoms with Gasteiger partial charge < -0.3 is 16.0 Å². The highest BCUT2D eigenvalue weighted by atomic mass is 35.5. The summed E-state index contributed by atoms with van der Waals surface area (Å²) in [4.78, 5) is 44.7. The van der Waals surface area contributed by atoms with E-state index in [2.05, 4.69) is 25.9 Å². The molecule has 9 heteroatoms. The molecule has 1 aliphatic heterocycles. The standard InChI is InChI=1S/C20H22ClN5O3/c21-11-5-4-8-13(9-11)23-20-25-17-16(19(29)26-20)14(10-15(27)24-17)18(28)22-12-6-2-1-3-7-12/h4-5,8-9,12,14H,1-3,6-7,10H2,(H,22,28)(H3,23,24,25,26,27,29)/t14-/m1/s1. The maximum absolute atomic E-state index is 12.8. The third kappa shape index (κ3) is 4.42. The Balaban J connectivity index is 1.59. The van der Waals surface area contributed by atoms with Crippen molar-refractivity contribution >= 4 is 40.9 Å². The average molecular weight is 416 g/mol. The smallest absolute Gasteiger partial charge is 0.258 e. The van der Waals surface area contributed by atoms with E-state index in [-0.39, 0.29) is 41.6 Å². The molecule has 1 saturated carbocycles. The van der Waals surface area contributed by atoms with Crippen LogP contribution in [0.25, 0.3) is 0 Å². The van der Waals surface area contributed by atoms with Gasteiger partial charge in [-0.05, 0) is 31.0 Å². The molecule has 8 nitrogen and oxygen atoms in total. The molecule has 1 fully saturated rings. The number of aromatic amines is 1. The number of nitrogens with zero attached hydrogens (tertiary/aromatic N) is 1. The van der Waals surface area contributed by atoms with Crippen LogP contribution in [0.1, 0.15) is 50.0 Å². The molecular weight excluding hydrogens is 394 g/mol. The summed E-state index contributed by atoms with van der Waals surface area (Å²) in [5, 5.41) is 9.11. The van der Waals surface area contributed by atoms with Crippen LogP contribution >= 0.6 is 11.6 Å². The van der Waals surface area contributed by atoms with E-state index in [1.807, 2.05) is 0 Å². The van der Waals surface area contributed by atoms with Crippen molar-refractivity contribution in [1.29, 1.82) is 0 Å². The van der Waals surface area contributed by atoms with Gasteiger partial charge in [0.2, 0.25) is 17.8 Å². The molecule has 29 heavy (non-hydrogen) atoms. The molecular formula is C20H22ClN5O3. The van der Waals surface area contributed by atoms with Crippen molar-refractivity contribution in [2.24, 2.45) is 0 Å². The van der Waals surface area contributed by atoms with E-state index in [4.69, 9.17) is 11.6 Å². The van der Waals surface area contributed by atoms with Gasteiger partial charge in [-0.2, -0.15) is 4.98 Å². The summed E-state index contributed by atoms with van der Waals surface area (Å²) in [7, 11) is 0. The summed E-state index contributed by atoms with van der Waals surface area (Å²) < 4.78 is 0. The summed E-state index contributed by atoms with van der Waals surface area (Å²) in [6.07, 6.45) is 5.11. The van der Waals surface area contributed by atoms with Crippen LogP contribution in [0, 0.1) is 0 Å². The number of hydrogen-bond acceptors (Lipinski definition) is 5. The van der Waals surface area contributed by atoms with Gasteiger partial charge in [0.15, 0.2) is 0 Å². The molecule has 4 N–H and O–H groups in total. The summed E-state index contributed by atoms with van der Waals surface area (Å²) in [5.74, 6) is -1.22. The Kier molecular flexibility index (Phi) is 5.53. The first-order valence-electron chi connectivity index (χ1n) is 9.76. The Morgan fingerprint density at radius 2 is 1.97 bits per heavy atom. The molecule has 1 atom stereocenters. The predicted octanol–water partition coefficient (Wildman–Crippen LogP) is 3.04. The second-order valence-corrected chi connectivity index (χ2v) is 7.90. The number of rotatable bonds is 4. The number of anilines is 3. The van der Waals surface area contributed by atoms with Gasteiger partial charge in [0.05, 0.1) is 11.5 Å².